The van der Waals surface area contributed by atoms with E-state index >= 15 is 0 Å². The van der Waals surface area contributed by atoms with E-state index in [0.717, 1.165) is 17.7 Å². The van der Waals surface area contributed by atoms with Gasteiger partial charge in [0.1, 0.15) is 0 Å². The Morgan fingerprint density at radius 1 is 1.31 bits per heavy atom. The van der Waals surface area contributed by atoms with Gasteiger partial charge in [0.25, 0.3) is 0 Å². The molecule has 2 aromatic carbocycles. The number of methoxy groups -OCH3 is 1. The summed E-state index contributed by atoms with van der Waals surface area (Å²) >= 11 is 0. The Morgan fingerprint density at radius 3 is 2.72 bits per heavy atom. The van der Waals surface area contributed by atoms with E-state index in [1.807, 2.05) is 6.92 Å². The van der Waals surface area contributed by atoms with E-state index in [1.165, 1.54) is 27.5 Å². The Balaban J connectivity index is 2.06. The van der Waals surface area contributed by atoms with Crippen LogP contribution >= 0.6 is 0 Å². The van der Waals surface area contributed by atoms with Gasteiger partial charge in [0.15, 0.2) is 0 Å². The predicted octanol–water partition coefficient (Wildman–Crippen LogP) is 5.44. The molecule has 152 valence electrons. The number of rotatable bonds is 5. The van der Waals surface area contributed by atoms with Crippen LogP contribution in [0.1, 0.15) is 56.2 Å². The van der Waals surface area contributed by atoms with Crippen molar-refractivity contribution in [2.45, 2.75) is 51.0 Å². The maximum absolute atomic E-state index is 9.97. The number of aliphatic hydroxyl groups excluding tert-OH is 1. The topological polar surface area (TPSA) is 65.3 Å². The minimum absolute atomic E-state index is 0.0168. The molecule has 2 atom stereocenters. The molecule has 4 rings (SSSR count). The molecule has 2 aromatic rings. The van der Waals surface area contributed by atoms with Crippen molar-refractivity contribution >= 4 is 22.2 Å². The van der Waals surface area contributed by atoms with Gasteiger partial charge in [-0.25, -0.2) is 0 Å². The van der Waals surface area contributed by atoms with Crippen LogP contribution in [0.5, 0.6) is 0 Å². The lowest BCUT2D eigenvalue weighted by Gasteiger charge is -2.45. The van der Waals surface area contributed by atoms with Gasteiger partial charge >= 0.3 is 0 Å². The van der Waals surface area contributed by atoms with E-state index < -0.39 is 0 Å². The van der Waals surface area contributed by atoms with Crippen molar-refractivity contribution in [3.05, 3.63) is 64.9 Å². The van der Waals surface area contributed by atoms with E-state index in [-0.39, 0.29) is 23.1 Å². The molecule has 0 saturated carbocycles. The van der Waals surface area contributed by atoms with E-state index in [9.17, 15) is 5.11 Å². The Labute approximate surface area is 172 Å². The third kappa shape index (κ3) is 2.98. The molecule has 4 heteroatoms. The second kappa shape index (κ2) is 7.03. The average molecular weight is 391 g/mol. The third-order valence-corrected chi connectivity index (χ3v) is 6.63. The van der Waals surface area contributed by atoms with Crippen molar-refractivity contribution in [1.29, 1.82) is 5.41 Å². The molecule has 0 bridgehead atoms. The number of aliphatic hydroxyl groups is 1. The monoisotopic (exact) mass is 390 g/mol. The lowest BCUT2D eigenvalue weighted by Crippen LogP contribution is -2.45. The van der Waals surface area contributed by atoms with Gasteiger partial charge in [-0.15, -0.1) is 0 Å². The van der Waals surface area contributed by atoms with Gasteiger partial charge in [0.2, 0.25) is 0 Å². The summed E-state index contributed by atoms with van der Waals surface area (Å²) in [5, 5.41) is 25.0. The molecule has 3 N–H and O–H groups in total. The number of hydrogen-bond donors (Lipinski definition) is 3. The average Bonchev–Trinajstić information content (AvgIpc) is 2.68. The molecule has 1 aliphatic heterocycles. The number of benzene rings is 2. The fraction of sp³-hybridized carbons (Fsp3) is 0.400. The summed E-state index contributed by atoms with van der Waals surface area (Å²) in [6, 6.07) is 10.8. The molecular weight excluding hydrogens is 360 g/mol. The van der Waals surface area contributed by atoms with Gasteiger partial charge in [-0.05, 0) is 40.8 Å². The van der Waals surface area contributed by atoms with Crippen LogP contribution in [0.25, 0.3) is 16.5 Å². The molecule has 0 aromatic heterocycles. The van der Waals surface area contributed by atoms with Crippen LogP contribution in [-0.2, 0) is 10.2 Å². The molecule has 0 saturated heterocycles. The minimum atomic E-state index is -0.376. The normalized spacial score (nSPS) is 22.4. The Morgan fingerprint density at radius 2 is 2.03 bits per heavy atom. The van der Waals surface area contributed by atoms with E-state index in [1.54, 1.807) is 7.11 Å². The van der Waals surface area contributed by atoms with E-state index in [2.05, 4.69) is 56.1 Å². The highest BCUT2D eigenvalue weighted by atomic mass is 16.5. The minimum Gasteiger partial charge on any atom is -0.513 e. The first-order chi connectivity index (χ1) is 13.8. The van der Waals surface area contributed by atoms with Gasteiger partial charge in [0.05, 0.1) is 5.76 Å². The molecule has 4 nitrogen and oxygen atoms in total. The van der Waals surface area contributed by atoms with Gasteiger partial charge in [-0.3, -0.25) is 0 Å². The predicted molar refractivity (Wildman–Crippen MR) is 120 cm³/mol. The second-order valence-corrected chi connectivity index (χ2v) is 8.85. The number of hydrogen-bond acceptors (Lipinski definition) is 4. The smallest absolute Gasteiger partial charge is 0.0871 e. The van der Waals surface area contributed by atoms with Gasteiger partial charge in [0, 0.05) is 54.5 Å². The first kappa shape index (κ1) is 19.7. The number of ether oxygens (including phenoxy) is 1. The number of nitrogens with one attached hydrogen (secondary N) is 2. The van der Waals surface area contributed by atoms with Crippen molar-refractivity contribution in [1.82, 2.24) is 5.32 Å². The molecule has 0 fully saturated rings. The largest absolute Gasteiger partial charge is 0.513 e. The summed E-state index contributed by atoms with van der Waals surface area (Å²) in [5.74, 6) is 0.371. The summed E-state index contributed by atoms with van der Waals surface area (Å²) in [4.78, 5) is 0. The third-order valence-electron chi connectivity index (χ3n) is 6.63. The zero-order valence-electron chi connectivity index (χ0n) is 17.7. The molecule has 2 aliphatic rings. The van der Waals surface area contributed by atoms with E-state index in [4.69, 9.17) is 10.1 Å². The zero-order chi connectivity index (χ0) is 20.9. The summed E-state index contributed by atoms with van der Waals surface area (Å²) in [6.45, 7) is 10.7. The Kier molecular flexibility index (Phi) is 4.78. The van der Waals surface area contributed by atoms with Gasteiger partial charge in [-0.1, -0.05) is 50.8 Å². The number of allylic oxidation sites excluding steroid dienone is 1. The van der Waals surface area contributed by atoms with Crippen LogP contribution in [0.2, 0.25) is 0 Å². The van der Waals surface area contributed by atoms with Crippen LogP contribution in [0.3, 0.4) is 0 Å². The molecule has 0 radical (unpaired) electrons. The van der Waals surface area contributed by atoms with Crippen LogP contribution in [0, 0.1) is 5.41 Å². The molecular formula is C25H30N2O2. The maximum Gasteiger partial charge on any atom is 0.0871 e. The lowest BCUT2D eigenvalue weighted by atomic mass is 9.64. The van der Waals surface area contributed by atoms with Crippen molar-refractivity contribution in [3.63, 3.8) is 0 Å². The van der Waals surface area contributed by atoms with E-state index in [0.29, 0.717) is 18.7 Å². The summed E-state index contributed by atoms with van der Waals surface area (Å²) in [5.41, 5.74) is 6.04. The molecule has 1 aliphatic carbocycles. The summed E-state index contributed by atoms with van der Waals surface area (Å²) < 4.78 is 5.42. The Hall–Kier alpha value is -2.59. The van der Waals surface area contributed by atoms with Crippen LogP contribution in [0.4, 0.5) is 0 Å². The summed E-state index contributed by atoms with van der Waals surface area (Å²) in [6.07, 6.45) is 1.33. The molecule has 0 amide bonds. The van der Waals surface area contributed by atoms with Crippen molar-refractivity contribution < 1.29 is 9.84 Å². The highest BCUT2D eigenvalue weighted by Gasteiger charge is 2.43. The number of fused-ring (bicyclic) bond motifs is 2. The fourth-order valence-corrected chi connectivity index (χ4v) is 5.22. The Bertz CT molecular complexity index is 1050. The van der Waals surface area contributed by atoms with Crippen LogP contribution < -0.4 is 5.32 Å². The van der Waals surface area contributed by atoms with Crippen molar-refractivity contribution in [3.8, 4) is 0 Å². The first-order valence-corrected chi connectivity index (χ1v) is 10.3. The van der Waals surface area contributed by atoms with Crippen LogP contribution in [0.15, 0.2) is 48.2 Å². The van der Waals surface area contributed by atoms with Gasteiger partial charge in [-0.2, -0.15) is 0 Å². The SMILES string of the molecule is C=C(O)CC1NC2=C(C)C(=N)C(C)(C)c3c2c(cc2ccccc32)C1CCOC. The first-order valence-electron chi connectivity index (χ1n) is 10.3. The molecule has 1 heterocycles. The van der Waals surface area contributed by atoms with Crippen molar-refractivity contribution in [2.24, 2.45) is 0 Å². The second-order valence-electron chi connectivity index (χ2n) is 8.85. The van der Waals surface area contributed by atoms with Crippen LogP contribution in [-0.4, -0.2) is 30.6 Å². The quantitative estimate of drug-likeness (QED) is 0.596. The van der Waals surface area contributed by atoms with Gasteiger partial charge < -0.3 is 20.6 Å². The maximum atomic E-state index is 9.97. The molecule has 2 unspecified atom stereocenters. The molecule has 29 heavy (non-hydrogen) atoms. The fourth-order valence-electron chi connectivity index (χ4n) is 5.22. The zero-order valence-corrected chi connectivity index (χ0v) is 17.7. The highest BCUT2D eigenvalue weighted by molar-refractivity contribution is 6.16. The lowest BCUT2D eigenvalue weighted by molar-refractivity contribution is 0.180. The summed E-state index contributed by atoms with van der Waals surface area (Å²) in [7, 11) is 1.73. The highest BCUT2D eigenvalue weighted by Crippen LogP contribution is 2.50. The molecule has 0 spiro atoms. The standard InChI is InChI=1S/C25H30N2O2/c1-14(28)12-20-18(10-11-29-5)19-13-16-8-6-7-9-17(16)22-21(19)23(27-20)15(2)24(26)25(22,3)4/h6-9,13,18,20,26-28H,1,10-12H2,2-5H3. The van der Waals surface area contributed by atoms with Crippen molar-refractivity contribution in [2.75, 3.05) is 13.7 Å².